The maximum Gasteiger partial charge on any atom is 0.300 e. The number of hydrogen-bond acceptors (Lipinski definition) is 5. The highest BCUT2D eigenvalue weighted by Gasteiger charge is 2.47. The number of ketones is 1. The number of benzene rings is 3. The van der Waals surface area contributed by atoms with Crippen molar-refractivity contribution in [3.63, 3.8) is 0 Å². The van der Waals surface area contributed by atoms with Gasteiger partial charge in [-0.25, -0.2) is 0 Å². The van der Waals surface area contributed by atoms with E-state index in [-0.39, 0.29) is 11.3 Å². The van der Waals surface area contributed by atoms with Crippen LogP contribution in [0.1, 0.15) is 17.2 Å². The number of carbonyl (C=O) groups excluding carboxylic acids is 2. The number of methoxy groups -OCH3 is 1. The summed E-state index contributed by atoms with van der Waals surface area (Å²) in [6.45, 7) is 0. The number of pyridine rings is 1. The minimum atomic E-state index is -0.874. The van der Waals surface area contributed by atoms with Crippen molar-refractivity contribution in [3.05, 3.63) is 107 Å². The monoisotopic (exact) mass is 470 g/mol. The number of carbonyl (C=O) groups is 2. The molecule has 0 aliphatic carbocycles. The van der Waals surface area contributed by atoms with Gasteiger partial charge in [-0.3, -0.25) is 19.5 Å². The van der Waals surface area contributed by atoms with Gasteiger partial charge in [-0.1, -0.05) is 54.1 Å². The fourth-order valence-corrected chi connectivity index (χ4v) is 4.51. The van der Waals surface area contributed by atoms with E-state index in [0.717, 1.165) is 10.8 Å². The van der Waals surface area contributed by atoms with Crippen LogP contribution in [0.3, 0.4) is 0 Å². The SMILES string of the molecule is COc1cc(/C(O)=C2\C(=O)C(=O)N(c3cccc4ccccc34)C2c2cccnc2)ccc1Cl. The Labute approximate surface area is 200 Å². The summed E-state index contributed by atoms with van der Waals surface area (Å²) < 4.78 is 5.26. The first kappa shape index (κ1) is 21.7. The Kier molecular flexibility index (Phi) is 5.51. The van der Waals surface area contributed by atoms with Gasteiger partial charge in [0, 0.05) is 23.3 Å². The highest BCUT2D eigenvalue weighted by atomic mass is 35.5. The zero-order chi connectivity index (χ0) is 23.8. The van der Waals surface area contributed by atoms with Crippen LogP contribution in [-0.4, -0.2) is 28.9 Å². The molecule has 168 valence electrons. The van der Waals surface area contributed by atoms with Crippen LogP contribution in [0.25, 0.3) is 16.5 Å². The lowest BCUT2D eigenvalue weighted by molar-refractivity contribution is -0.132. The number of rotatable bonds is 4. The third kappa shape index (κ3) is 3.49. The summed E-state index contributed by atoms with van der Waals surface area (Å²) in [5, 5.41) is 13.4. The molecular formula is C27H19ClN2O4. The van der Waals surface area contributed by atoms with Crippen LogP contribution in [0.5, 0.6) is 5.75 Å². The molecule has 1 amide bonds. The maximum absolute atomic E-state index is 13.4. The Morgan fingerprint density at radius 3 is 2.59 bits per heavy atom. The highest BCUT2D eigenvalue weighted by Crippen LogP contribution is 2.44. The topological polar surface area (TPSA) is 79.7 Å². The summed E-state index contributed by atoms with van der Waals surface area (Å²) in [5.41, 5.74) is 1.44. The third-order valence-electron chi connectivity index (χ3n) is 5.90. The van der Waals surface area contributed by atoms with Crippen molar-refractivity contribution in [2.24, 2.45) is 0 Å². The smallest absolute Gasteiger partial charge is 0.300 e. The number of halogens is 1. The number of amides is 1. The van der Waals surface area contributed by atoms with E-state index in [9.17, 15) is 14.7 Å². The first-order chi connectivity index (χ1) is 16.5. The average Bonchev–Trinajstić information content (AvgIpc) is 3.14. The van der Waals surface area contributed by atoms with E-state index in [1.807, 2.05) is 36.4 Å². The lowest BCUT2D eigenvalue weighted by Gasteiger charge is -2.26. The molecule has 1 aromatic heterocycles. The largest absolute Gasteiger partial charge is 0.507 e. The molecule has 5 rings (SSSR count). The van der Waals surface area contributed by atoms with E-state index in [0.29, 0.717) is 27.6 Å². The number of fused-ring (bicyclic) bond motifs is 1. The number of anilines is 1. The number of hydrogen-bond donors (Lipinski definition) is 1. The van der Waals surface area contributed by atoms with Crippen molar-refractivity contribution in [2.45, 2.75) is 6.04 Å². The molecule has 3 aromatic carbocycles. The second-order valence-electron chi connectivity index (χ2n) is 7.80. The van der Waals surface area contributed by atoms with Crippen LogP contribution in [0.4, 0.5) is 5.69 Å². The van der Waals surface area contributed by atoms with E-state index in [2.05, 4.69) is 4.98 Å². The van der Waals surface area contributed by atoms with Gasteiger partial charge in [-0.05, 0) is 41.3 Å². The van der Waals surface area contributed by atoms with Gasteiger partial charge in [-0.2, -0.15) is 0 Å². The molecule has 0 bridgehead atoms. The molecule has 1 aliphatic rings. The Morgan fingerprint density at radius 2 is 1.82 bits per heavy atom. The second-order valence-corrected chi connectivity index (χ2v) is 8.21. The molecule has 4 aromatic rings. The summed E-state index contributed by atoms with van der Waals surface area (Å²) in [6.07, 6.45) is 3.20. The molecule has 1 aliphatic heterocycles. The van der Waals surface area contributed by atoms with Gasteiger partial charge in [-0.15, -0.1) is 0 Å². The van der Waals surface area contributed by atoms with Crippen LogP contribution in [0, 0.1) is 0 Å². The molecule has 7 heteroatoms. The van der Waals surface area contributed by atoms with Gasteiger partial charge in [0.25, 0.3) is 11.7 Å². The van der Waals surface area contributed by atoms with Crippen molar-refractivity contribution < 1.29 is 19.4 Å². The normalized spacial score (nSPS) is 17.4. The maximum atomic E-state index is 13.4. The summed E-state index contributed by atoms with van der Waals surface area (Å²) in [7, 11) is 1.46. The van der Waals surface area contributed by atoms with Crippen molar-refractivity contribution in [2.75, 3.05) is 12.0 Å². The van der Waals surface area contributed by atoms with Crippen LogP contribution >= 0.6 is 11.6 Å². The number of Topliss-reactive ketones (excluding diaryl/α,β-unsaturated/α-hetero) is 1. The summed E-state index contributed by atoms with van der Waals surface area (Å²) in [5.74, 6) is -1.49. The molecule has 1 saturated heterocycles. The first-order valence-electron chi connectivity index (χ1n) is 10.5. The molecule has 34 heavy (non-hydrogen) atoms. The summed E-state index contributed by atoms with van der Waals surface area (Å²) >= 11 is 6.14. The van der Waals surface area contributed by atoms with Gasteiger partial charge in [0.05, 0.1) is 29.4 Å². The van der Waals surface area contributed by atoms with E-state index in [4.69, 9.17) is 16.3 Å². The van der Waals surface area contributed by atoms with Crippen LogP contribution in [0.15, 0.2) is 90.8 Å². The number of nitrogens with zero attached hydrogens (tertiary/aromatic N) is 2. The van der Waals surface area contributed by atoms with E-state index in [1.165, 1.54) is 18.1 Å². The highest BCUT2D eigenvalue weighted by molar-refractivity contribution is 6.52. The van der Waals surface area contributed by atoms with Crippen molar-refractivity contribution in [3.8, 4) is 5.75 Å². The molecule has 1 unspecified atom stereocenters. The zero-order valence-corrected chi connectivity index (χ0v) is 18.9. The molecule has 0 saturated carbocycles. The predicted octanol–water partition coefficient (Wildman–Crippen LogP) is 5.52. The van der Waals surface area contributed by atoms with Crippen LogP contribution in [0.2, 0.25) is 5.02 Å². The molecular weight excluding hydrogens is 452 g/mol. The van der Waals surface area contributed by atoms with Gasteiger partial charge < -0.3 is 9.84 Å². The average molecular weight is 471 g/mol. The van der Waals surface area contributed by atoms with Crippen molar-refractivity contribution >= 4 is 45.5 Å². The number of ether oxygens (including phenoxy) is 1. The fraction of sp³-hybridized carbons (Fsp3) is 0.0741. The number of aliphatic hydroxyl groups is 1. The molecule has 1 atom stereocenters. The molecule has 6 nitrogen and oxygen atoms in total. The number of aliphatic hydroxyl groups excluding tert-OH is 1. The van der Waals surface area contributed by atoms with Gasteiger partial charge in [0.15, 0.2) is 0 Å². The van der Waals surface area contributed by atoms with Crippen LogP contribution < -0.4 is 9.64 Å². The molecule has 0 spiro atoms. The van der Waals surface area contributed by atoms with Crippen molar-refractivity contribution in [1.29, 1.82) is 0 Å². The molecule has 1 fully saturated rings. The Morgan fingerprint density at radius 1 is 1.03 bits per heavy atom. The minimum Gasteiger partial charge on any atom is -0.507 e. The van der Waals surface area contributed by atoms with Gasteiger partial charge in [0.1, 0.15) is 11.5 Å². The van der Waals surface area contributed by atoms with Crippen molar-refractivity contribution in [1.82, 2.24) is 4.98 Å². The Bertz CT molecular complexity index is 1460. The van der Waals surface area contributed by atoms with E-state index < -0.39 is 17.7 Å². The Balaban J connectivity index is 1.77. The quantitative estimate of drug-likeness (QED) is 0.241. The van der Waals surface area contributed by atoms with E-state index in [1.54, 1.807) is 42.7 Å². The molecule has 2 heterocycles. The second kappa shape index (κ2) is 8.65. The predicted molar refractivity (Wildman–Crippen MR) is 131 cm³/mol. The molecule has 1 N–H and O–H groups in total. The minimum absolute atomic E-state index is 0.0321. The first-order valence-corrected chi connectivity index (χ1v) is 10.9. The van der Waals surface area contributed by atoms with E-state index >= 15 is 0 Å². The molecule has 0 radical (unpaired) electrons. The third-order valence-corrected chi connectivity index (χ3v) is 6.21. The Hall–Kier alpha value is -4.16. The van der Waals surface area contributed by atoms with Crippen LogP contribution in [-0.2, 0) is 9.59 Å². The zero-order valence-electron chi connectivity index (χ0n) is 18.1. The summed E-state index contributed by atoms with van der Waals surface area (Å²) in [6, 6.07) is 20.5. The fourth-order valence-electron chi connectivity index (χ4n) is 4.32. The summed E-state index contributed by atoms with van der Waals surface area (Å²) in [4.78, 5) is 32.4. The van der Waals surface area contributed by atoms with Gasteiger partial charge >= 0.3 is 0 Å². The lowest BCUT2D eigenvalue weighted by Crippen LogP contribution is -2.29. The van der Waals surface area contributed by atoms with Gasteiger partial charge in [0.2, 0.25) is 0 Å². The lowest BCUT2D eigenvalue weighted by atomic mass is 9.95. The number of aromatic nitrogens is 1. The standard InChI is InChI=1S/C27H19ClN2O4/c1-34-22-14-17(11-12-20(22)28)25(31)23-24(18-8-5-13-29-15-18)30(27(33)26(23)32)21-10-4-7-16-6-2-3-9-19(16)21/h2-15,24,31H,1H3/b25-23+.